The first-order chi connectivity index (χ1) is 6.52. The van der Waals surface area contributed by atoms with E-state index in [-0.39, 0.29) is 20.4 Å². The van der Waals surface area contributed by atoms with Crippen molar-refractivity contribution in [3.63, 3.8) is 0 Å². The second-order valence-electron chi connectivity index (χ2n) is 2.93. The molecule has 0 spiro atoms. The fourth-order valence-corrected chi connectivity index (χ4v) is 3.74. The Labute approximate surface area is 122 Å². The van der Waals surface area contributed by atoms with E-state index in [0.717, 1.165) is 12.8 Å². The Morgan fingerprint density at radius 2 is 1.43 bits per heavy atom. The summed E-state index contributed by atoms with van der Waals surface area (Å²) in [6.45, 7) is 0. The molecule has 6 heteroatoms. The van der Waals surface area contributed by atoms with Crippen LogP contribution in [0.3, 0.4) is 0 Å². The van der Waals surface area contributed by atoms with Gasteiger partial charge in [0.05, 0.1) is 5.38 Å². The summed E-state index contributed by atoms with van der Waals surface area (Å²) >= 11 is 30.3. The zero-order chi connectivity index (χ0) is 11.1. The molecule has 0 fully saturated rings. The van der Waals surface area contributed by atoms with Gasteiger partial charge in [0.2, 0.25) is 0 Å². The molecule has 86 valence electrons. The minimum absolute atomic E-state index is 0.0340. The van der Waals surface area contributed by atoms with E-state index in [1.165, 1.54) is 0 Å². The van der Waals surface area contributed by atoms with Crippen molar-refractivity contribution >= 4 is 78.3 Å². The van der Waals surface area contributed by atoms with Crippen molar-refractivity contribution in [2.75, 3.05) is 11.8 Å². The first-order valence-corrected chi connectivity index (χ1v) is 7.98. The molecule has 0 bridgehead atoms. The lowest BCUT2D eigenvalue weighted by atomic mass is 10.1. The van der Waals surface area contributed by atoms with E-state index in [1.54, 1.807) is 0 Å². The van der Waals surface area contributed by atoms with Crippen molar-refractivity contribution in [2.45, 2.75) is 33.3 Å². The molecule has 0 saturated heterocycles. The van der Waals surface area contributed by atoms with Crippen molar-refractivity contribution in [3.05, 3.63) is 0 Å². The molecule has 14 heavy (non-hydrogen) atoms. The second-order valence-corrected chi connectivity index (χ2v) is 7.09. The van der Waals surface area contributed by atoms with Crippen LogP contribution in [0.2, 0.25) is 0 Å². The molecular weight excluding hydrogens is 398 g/mol. The van der Waals surface area contributed by atoms with Crippen LogP contribution < -0.4 is 0 Å². The molecule has 4 unspecified atom stereocenters. The standard InChI is InChI=1S/C8H12Br2Cl4/c9-5(7(13)1-2-11)3-6(10)8(14)4-12/h5-8H,1-4H2. The fraction of sp³-hybridized carbons (Fsp3) is 1.00. The van der Waals surface area contributed by atoms with E-state index < -0.39 is 0 Å². The molecule has 0 radical (unpaired) electrons. The summed E-state index contributed by atoms with van der Waals surface area (Å²) in [5.41, 5.74) is 0. The first kappa shape index (κ1) is 16.1. The van der Waals surface area contributed by atoms with Crippen LogP contribution in [0.5, 0.6) is 0 Å². The summed E-state index contributed by atoms with van der Waals surface area (Å²) in [6.07, 6.45) is 1.62. The zero-order valence-electron chi connectivity index (χ0n) is 7.41. The number of rotatable bonds is 7. The van der Waals surface area contributed by atoms with E-state index >= 15 is 0 Å². The summed E-state index contributed by atoms with van der Waals surface area (Å²) in [7, 11) is 0. The van der Waals surface area contributed by atoms with Crippen LogP contribution in [0.1, 0.15) is 12.8 Å². The van der Waals surface area contributed by atoms with E-state index in [2.05, 4.69) is 31.9 Å². The zero-order valence-corrected chi connectivity index (χ0v) is 13.6. The van der Waals surface area contributed by atoms with E-state index in [9.17, 15) is 0 Å². The Bertz CT molecular complexity index is 147. The highest BCUT2D eigenvalue weighted by atomic mass is 79.9. The third-order valence-corrected chi connectivity index (χ3v) is 6.09. The summed E-state index contributed by atoms with van der Waals surface area (Å²) in [5.74, 6) is 1.00. The molecule has 0 heterocycles. The molecule has 0 saturated carbocycles. The van der Waals surface area contributed by atoms with Crippen molar-refractivity contribution in [3.8, 4) is 0 Å². The molecule has 0 N–H and O–H groups in total. The fourth-order valence-electron chi connectivity index (χ4n) is 0.892. The Morgan fingerprint density at radius 1 is 0.929 bits per heavy atom. The van der Waals surface area contributed by atoms with Gasteiger partial charge in [-0.1, -0.05) is 31.9 Å². The molecule has 0 aliphatic heterocycles. The van der Waals surface area contributed by atoms with Gasteiger partial charge in [0.25, 0.3) is 0 Å². The summed E-state index contributed by atoms with van der Waals surface area (Å²) in [6, 6.07) is 0. The Kier molecular flexibility index (Phi) is 10.6. The second kappa shape index (κ2) is 9.18. The van der Waals surface area contributed by atoms with Gasteiger partial charge in [-0.3, -0.25) is 0 Å². The molecule has 0 amide bonds. The molecule has 0 aromatic rings. The van der Waals surface area contributed by atoms with E-state index in [1.807, 2.05) is 0 Å². The van der Waals surface area contributed by atoms with Crippen molar-refractivity contribution < 1.29 is 0 Å². The van der Waals surface area contributed by atoms with Crippen LogP contribution in [-0.4, -0.2) is 32.2 Å². The number of halogens is 6. The van der Waals surface area contributed by atoms with Gasteiger partial charge in [0.1, 0.15) is 0 Å². The monoisotopic (exact) mass is 406 g/mol. The topological polar surface area (TPSA) is 0 Å². The molecule has 0 aromatic carbocycles. The molecule has 0 aliphatic carbocycles. The van der Waals surface area contributed by atoms with Gasteiger partial charge in [-0.05, 0) is 12.8 Å². The maximum absolute atomic E-state index is 6.10. The van der Waals surface area contributed by atoms with Crippen LogP contribution in [0.25, 0.3) is 0 Å². The van der Waals surface area contributed by atoms with Crippen molar-refractivity contribution in [1.29, 1.82) is 0 Å². The van der Waals surface area contributed by atoms with E-state index in [4.69, 9.17) is 46.4 Å². The quantitative estimate of drug-likeness (QED) is 0.520. The molecule has 0 aromatic heterocycles. The minimum Gasteiger partial charge on any atom is -0.127 e. The lowest BCUT2D eigenvalue weighted by Crippen LogP contribution is -2.25. The number of alkyl halides is 6. The largest absolute Gasteiger partial charge is 0.127 e. The van der Waals surface area contributed by atoms with Gasteiger partial charge in [-0.2, -0.15) is 0 Å². The van der Waals surface area contributed by atoms with Gasteiger partial charge in [0.15, 0.2) is 0 Å². The third kappa shape index (κ3) is 6.65. The highest BCUT2D eigenvalue weighted by Gasteiger charge is 2.23. The van der Waals surface area contributed by atoms with Crippen LogP contribution in [-0.2, 0) is 0 Å². The Balaban J connectivity index is 3.85. The summed E-state index contributed by atoms with van der Waals surface area (Å²) in [4.78, 5) is 0.374. The third-order valence-electron chi connectivity index (χ3n) is 1.77. The highest BCUT2D eigenvalue weighted by Crippen LogP contribution is 2.27. The molecule has 0 rings (SSSR count). The molecule has 0 aliphatic rings. The van der Waals surface area contributed by atoms with Crippen molar-refractivity contribution in [2.24, 2.45) is 0 Å². The Morgan fingerprint density at radius 3 is 1.86 bits per heavy atom. The van der Waals surface area contributed by atoms with Gasteiger partial charge < -0.3 is 0 Å². The van der Waals surface area contributed by atoms with Crippen molar-refractivity contribution in [1.82, 2.24) is 0 Å². The summed E-state index contributed by atoms with van der Waals surface area (Å²) in [5, 5.41) is -0.0386. The number of hydrogen-bond acceptors (Lipinski definition) is 0. The molecular formula is C8H12Br2Cl4. The summed E-state index contributed by atoms with van der Waals surface area (Å²) < 4.78 is 0. The predicted molar refractivity (Wildman–Crippen MR) is 75.4 cm³/mol. The molecule has 0 nitrogen and oxygen atoms in total. The van der Waals surface area contributed by atoms with Crippen LogP contribution in [0.15, 0.2) is 0 Å². The van der Waals surface area contributed by atoms with Crippen LogP contribution in [0, 0.1) is 0 Å². The van der Waals surface area contributed by atoms with E-state index in [0.29, 0.717) is 11.8 Å². The average Bonchev–Trinajstić information content (AvgIpc) is 2.16. The SMILES string of the molecule is ClCCC(Cl)C(Br)CC(Br)C(Cl)CCl. The van der Waals surface area contributed by atoms with Gasteiger partial charge in [-0.25, -0.2) is 0 Å². The molecule has 4 atom stereocenters. The predicted octanol–water partition coefficient (Wildman–Crippen LogP) is 4.99. The lowest BCUT2D eigenvalue weighted by Gasteiger charge is -2.20. The highest BCUT2D eigenvalue weighted by molar-refractivity contribution is 9.10. The van der Waals surface area contributed by atoms with Gasteiger partial charge in [0, 0.05) is 26.8 Å². The normalized spacial score (nSPS) is 20.1. The lowest BCUT2D eigenvalue weighted by molar-refractivity contribution is 0.677. The van der Waals surface area contributed by atoms with Crippen LogP contribution in [0.4, 0.5) is 0 Å². The minimum atomic E-state index is -0.0726. The number of hydrogen-bond donors (Lipinski definition) is 0. The van der Waals surface area contributed by atoms with Crippen LogP contribution >= 0.6 is 78.3 Å². The van der Waals surface area contributed by atoms with Gasteiger partial charge >= 0.3 is 0 Å². The maximum atomic E-state index is 6.10. The maximum Gasteiger partial charge on any atom is 0.0596 e. The first-order valence-electron chi connectivity index (χ1n) is 4.21. The average molecular weight is 410 g/mol. The Hall–Kier alpha value is 2.12. The smallest absolute Gasteiger partial charge is 0.0596 e. The van der Waals surface area contributed by atoms with Gasteiger partial charge in [-0.15, -0.1) is 46.4 Å².